The van der Waals surface area contributed by atoms with Crippen molar-refractivity contribution < 1.29 is 9.53 Å². The number of likely N-dealkylation sites (tertiary alicyclic amines) is 1. The van der Waals surface area contributed by atoms with Gasteiger partial charge in [-0.3, -0.25) is 14.6 Å². The molecule has 0 unspecified atom stereocenters. The molecule has 184 valence electrons. The maximum absolute atomic E-state index is 12.1. The summed E-state index contributed by atoms with van der Waals surface area (Å²) in [5, 5.41) is 14.4. The summed E-state index contributed by atoms with van der Waals surface area (Å²) in [7, 11) is 0. The Labute approximate surface area is 213 Å². The van der Waals surface area contributed by atoms with E-state index in [-0.39, 0.29) is 17.4 Å². The molecule has 2 aromatic heterocycles. The molecule has 1 aromatic carbocycles. The molecule has 0 aliphatic carbocycles. The monoisotopic (exact) mass is 514 g/mol. The highest BCUT2D eigenvalue weighted by Gasteiger charge is 2.48. The van der Waals surface area contributed by atoms with Crippen LogP contribution in [0, 0.1) is 12.3 Å². The number of piperidine rings is 1. The van der Waals surface area contributed by atoms with Gasteiger partial charge in [0.25, 0.3) is 0 Å². The van der Waals surface area contributed by atoms with Gasteiger partial charge in [0, 0.05) is 60.4 Å². The van der Waals surface area contributed by atoms with Crippen molar-refractivity contribution in [1.29, 1.82) is 0 Å². The minimum atomic E-state index is -0.0141. The molecule has 3 aliphatic heterocycles. The number of H-pyrrole nitrogens is 1. The summed E-state index contributed by atoms with van der Waals surface area (Å²) in [6, 6.07) is 2.01. The van der Waals surface area contributed by atoms with E-state index in [1.807, 2.05) is 11.0 Å². The van der Waals surface area contributed by atoms with Gasteiger partial charge in [-0.05, 0) is 38.3 Å². The Morgan fingerprint density at radius 3 is 2.74 bits per heavy atom. The van der Waals surface area contributed by atoms with Crippen LogP contribution < -0.4 is 4.90 Å². The first-order valence-electron chi connectivity index (χ1n) is 12.1. The zero-order chi connectivity index (χ0) is 24.3. The van der Waals surface area contributed by atoms with Gasteiger partial charge in [0.15, 0.2) is 5.82 Å². The van der Waals surface area contributed by atoms with Gasteiger partial charge in [0.2, 0.25) is 5.91 Å². The van der Waals surface area contributed by atoms with E-state index in [9.17, 15) is 4.79 Å². The summed E-state index contributed by atoms with van der Waals surface area (Å²) in [6.45, 7) is 10.6. The Morgan fingerprint density at radius 2 is 2.06 bits per heavy atom. The summed E-state index contributed by atoms with van der Waals surface area (Å²) < 4.78 is 7.84. The van der Waals surface area contributed by atoms with Crippen molar-refractivity contribution in [2.45, 2.75) is 32.2 Å². The number of halogens is 2. The molecule has 3 saturated heterocycles. The Kier molecular flexibility index (Phi) is 5.58. The number of nitrogens with one attached hydrogen (secondary N) is 1. The fraction of sp³-hybridized carbons (Fsp3) is 0.480. The molecule has 8 nitrogen and oxygen atoms in total. The lowest BCUT2D eigenvalue weighted by molar-refractivity contribution is -0.127. The second-order valence-electron chi connectivity index (χ2n) is 10.0. The van der Waals surface area contributed by atoms with Crippen molar-refractivity contribution in [2.24, 2.45) is 5.41 Å². The smallest absolute Gasteiger partial charge is 0.245 e. The number of amides is 1. The average molecular weight is 515 g/mol. The van der Waals surface area contributed by atoms with Crippen molar-refractivity contribution in [1.82, 2.24) is 24.9 Å². The number of aromatic nitrogens is 4. The molecule has 1 spiro atoms. The van der Waals surface area contributed by atoms with Gasteiger partial charge in [-0.15, -0.1) is 0 Å². The molecule has 5 heterocycles. The predicted molar refractivity (Wildman–Crippen MR) is 137 cm³/mol. The Bertz CT molecular complexity index is 1310. The van der Waals surface area contributed by atoms with Gasteiger partial charge >= 0.3 is 0 Å². The maximum Gasteiger partial charge on any atom is 0.245 e. The van der Waals surface area contributed by atoms with Crippen LogP contribution >= 0.6 is 23.2 Å². The molecule has 1 amide bonds. The average Bonchev–Trinajstić information content (AvgIpc) is 3.58. The first kappa shape index (κ1) is 22.9. The van der Waals surface area contributed by atoms with Crippen LogP contribution in [0.3, 0.4) is 0 Å². The van der Waals surface area contributed by atoms with Gasteiger partial charge in [0.1, 0.15) is 0 Å². The van der Waals surface area contributed by atoms with Gasteiger partial charge in [-0.1, -0.05) is 29.8 Å². The Hall–Kier alpha value is -2.55. The lowest BCUT2D eigenvalue weighted by Crippen LogP contribution is -2.57. The fourth-order valence-electron chi connectivity index (χ4n) is 5.92. The number of fused-ring (bicyclic) bond motifs is 1. The molecule has 1 N–H and O–H groups in total. The number of aromatic amines is 1. The highest BCUT2D eigenvalue weighted by atomic mass is 35.5. The van der Waals surface area contributed by atoms with E-state index in [2.05, 4.69) is 33.3 Å². The number of nitrogens with zero attached hydrogens (tertiary/aromatic N) is 5. The standard InChI is InChI=1S/C25H28Cl2N6O2/c1-3-20(34)31-7-4-16(5-8-31)33-15(2)21(22-17-11-28-29-19(17)10-18(26)23(22)27)24(30-33)32-12-25(13-32)6-9-35-14-25/h3,10-11,16H,1,4-9,12-14H2,2H3,(H,28,29). The fourth-order valence-corrected chi connectivity index (χ4v) is 6.38. The second-order valence-corrected chi connectivity index (χ2v) is 10.8. The van der Waals surface area contributed by atoms with Crippen LogP contribution in [0.25, 0.3) is 22.0 Å². The summed E-state index contributed by atoms with van der Waals surface area (Å²) in [5.74, 6) is 0.913. The number of hydrogen-bond donors (Lipinski definition) is 1. The van der Waals surface area contributed by atoms with Crippen LogP contribution in [-0.2, 0) is 9.53 Å². The molecular weight excluding hydrogens is 487 g/mol. The van der Waals surface area contributed by atoms with Crippen molar-refractivity contribution >= 4 is 45.8 Å². The number of anilines is 1. The van der Waals surface area contributed by atoms with Crippen LogP contribution in [0.4, 0.5) is 5.82 Å². The second kappa shape index (κ2) is 8.54. The normalized spacial score (nSPS) is 20.1. The van der Waals surface area contributed by atoms with E-state index in [1.165, 1.54) is 6.08 Å². The largest absolute Gasteiger partial charge is 0.381 e. The number of carbonyl (C=O) groups excluding carboxylic acids is 1. The molecule has 3 aromatic rings. The molecule has 3 aliphatic rings. The highest BCUT2D eigenvalue weighted by Crippen LogP contribution is 2.49. The topological polar surface area (TPSA) is 79.3 Å². The number of ether oxygens (including phenoxy) is 1. The first-order chi connectivity index (χ1) is 16.9. The molecule has 6 rings (SSSR count). The molecule has 3 fully saturated rings. The van der Waals surface area contributed by atoms with Crippen LogP contribution in [-0.4, -0.2) is 70.2 Å². The van der Waals surface area contributed by atoms with Crippen LogP contribution in [0.5, 0.6) is 0 Å². The first-order valence-corrected chi connectivity index (χ1v) is 12.8. The minimum Gasteiger partial charge on any atom is -0.381 e. The number of carbonyl (C=O) groups is 1. The van der Waals surface area contributed by atoms with Gasteiger partial charge in [0.05, 0.1) is 34.4 Å². The lowest BCUT2D eigenvalue weighted by atomic mass is 9.79. The Morgan fingerprint density at radius 1 is 1.29 bits per heavy atom. The van der Waals surface area contributed by atoms with E-state index in [1.54, 1.807) is 6.20 Å². The molecule has 10 heteroatoms. The number of benzene rings is 1. The summed E-state index contributed by atoms with van der Waals surface area (Å²) in [6.07, 6.45) is 5.94. The molecule has 0 atom stereocenters. The van der Waals surface area contributed by atoms with E-state index in [4.69, 9.17) is 33.0 Å². The van der Waals surface area contributed by atoms with Crippen molar-refractivity contribution in [3.63, 3.8) is 0 Å². The van der Waals surface area contributed by atoms with E-state index < -0.39 is 0 Å². The molecule has 0 radical (unpaired) electrons. The van der Waals surface area contributed by atoms with Gasteiger partial charge in [-0.2, -0.15) is 10.2 Å². The van der Waals surface area contributed by atoms with Crippen molar-refractivity contribution in [3.8, 4) is 11.1 Å². The third-order valence-corrected chi connectivity index (χ3v) is 8.64. The van der Waals surface area contributed by atoms with Crippen LogP contribution in [0.1, 0.15) is 31.0 Å². The molecule has 35 heavy (non-hydrogen) atoms. The Balaban J connectivity index is 1.43. The van der Waals surface area contributed by atoms with Crippen molar-refractivity contribution in [2.75, 3.05) is 44.3 Å². The zero-order valence-corrected chi connectivity index (χ0v) is 21.2. The molecule has 0 saturated carbocycles. The number of rotatable bonds is 4. The van der Waals surface area contributed by atoms with Crippen molar-refractivity contribution in [3.05, 3.63) is 40.7 Å². The minimum absolute atomic E-state index is 0.0141. The van der Waals surface area contributed by atoms with E-state index in [0.29, 0.717) is 23.1 Å². The van der Waals surface area contributed by atoms with E-state index in [0.717, 1.165) is 79.1 Å². The quantitative estimate of drug-likeness (QED) is 0.514. The lowest BCUT2D eigenvalue weighted by Gasteiger charge is -2.47. The SMILES string of the molecule is C=CC(=O)N1CCC(n2nc(N3CC4(CCOC4)C3)c(-c3c(Cl)c(Cl)cc4[nH]ncc34)c2C)CC1. The zero-order valence-electron chi connectivity index (χ0n) is 19.7. The number of hydrogen-bond acceptors (Lipinski definition) is 5. The summed E-state index contributed by atoms with van der Waals surface area (Å²) in [4.78, 5) is 16.3. The maximum atomic E-state index is 12.1. The third-order valence-electron chi connectivity index (χ3n) is 7.85. The highest BCUT2D eigenvalue weighted by molar-refractivity contribution is 6.45. The summed E-state index contributed by atoms with van der Waals surface area (Å²) >= 11 is 13.4. The predicted octanol–water partition coefficient (Wildman–Crippen LogP) is 4.62. The van der Waals surface area contributed by atoms with Gasteiger partial charge in [-0.25, -0.2) is 0 Å². The molecule has 0 bridgehead atoms. The van der Waals surface area contributed by atoms with Gasteiger partial charge < -0.3 is 14.5 Å². The van der Waals surface area contributed by atoms with E-state index >= 15 is 0 Å². The van der Waals surface area contributed by atoms with Crippen LogP contribution in [0.2, 0.25) is 10.0 Å². The van der Waals surface area contributed by atoms with Crippen LogP contribution in [0.15, 0.2) is 24.9 Å². The summed E-state index contributed by atoms with van der Waals surface area (Å²) in [5.41, 5.74) is 3.97. The molecular formula is C25H28Cl2N6O2. The third kappa shape index (κ3) is 3.65.